The fraction of sp³-hybridized carbons (Fsp3) is 0.947. The second-order valence-corrected chi connectivity index (χ2v) is 13.8. The summed E-state index contributed by atoms with van der Waals surface area (Å²) in [5.41, 5.74) is -0.636. The molecule has 53 heavy (non-hydrogen) atoms. The zero-order chi connectivity index (χ0) is 39.1. The summed E-state index contributed by atoms with van der Waals surface area (Å²) in [5, 5.41) is 0. The number of hydrogen-bond acceptors (Lipinski definition) is 15. The van der Waals surface area contributed by atoms with Crippen LogP contribution < -0.4 is 0 Å². The zero-order valence-electron chi connectivity index (χ0n) is 33.9. The van der Waals surface area contributed by atoms with Gasteiger partial charge in [0.25, 0.3) is 0 Å². The van der Waals surface area contributed by atoms with Crippen molar-refractivity contribution < 1.29 is 71.2 Å². The van der Waals surface area contributed by atoms with E-state index in [2.05, 4.69) is 0 Å². The minimum absolute atomic E-state index is 0.200. The quantitative estimate of drug-likeness (QED) is 0.0835. The number of hydrogen-bond donors (Lipinski definition) is 0. The van der Waals surface area contributed by atoms with Crippen molar-refractivity contribution in [3.05, 3.63) is 0 Å². The first-order valence-corrected chi connectivity index (χ1v) is 19.1. The first-order valence-electron chi connectivity index (χ1n) is 19.1. The summed E-state index contributed by atoms with van der Waals surface area (Å²) in [6, 6.07) is 0. The number of carbonyl (C=O) groups excluding carboxylic acids is 2. The summed E-state index contributed by atoms with van der Waals surface area (Å²) in [6.45, 7) is 24.0. The van der Waals surface area contributed by atoms with Crippen LogP contribution in [0.3, 0.4) is 0 Å². The Labute approximate surface area is 319 Å². The SMILES string of the molecule is CC(C)(C)C(=O)CCOCCOCCOCCOCCOCCOCCOCCOCCOCCOCCOCCOCCOCCC(=O)C(C)(C)C. The molecule has 0 aromatic heterocycles. The van der Waals surface area contributed by atoms with Crippen molar-refractivity contribution >= 4 is 11.6 Å². The van der Waals surface area contributed by atoms with Gasteiger partial charge in [0.05, 0.1) is 172 Å². The van der Waals surface area contributed by atoms with E-state index < -0.39 is 0 Å². The molecule has 0 unspecified atom stereocenters. The molecule has 0 aromatic carbocycles. The molecule has 0 rings (SSSR count). The third-order valence-electron chi connectivity index (χ3n) is 7.08. The van der Waals surface area contributed by atoms with Crippen LogP contribution in [-0.4, -0.2) is 183 Å². The molecule has 0 N–H and O–H groups in total. The number of ether oxygens (including phenoxy) is 13. The smallest absolute Gasteiger partial charge is 0.140 e. The summed E-state index contributed by atoms with van der Waals surface area (Å²) in [7, 11) is 0. The van der Waals surface area contributed by atoms with E-state index in [-0.39, 0.29) is 22.4 Å². The molecule has 0 spiro atoms. The maximum atomic E-state index is 11.8. The highest BCUT2D eigenvalue weighted by atomic mass is 16.6. The predicted molar refractivity (Wildman–Crippen MR) is 199 cm³/mol. The minimum atomic E-state index is -0.318. The second kappa shape index (κ2) is 37.7. The zero-order valence-corrected chi connectivity index (χ0v) is 33.9. The third-order valence-corrected chi connectivity index (χ3v) is 7.08. The minimum Gasteiger partial charge on any atom is -0.379 e. The molecule has 0 aliphatic heterocycles. The highest BCUT2D eigenvalue weighted by Gasteiger charge is 2.21. The van der Waals surface area contributed by atoms with E-state index in [4.69, 9.17) is 61.6 Å². The largest absolute Gasteiger partial charge is 0.379 e. The lowest BCUT2D eigenvalue weighted by Gasteiger charge is -2.16. The molecule has 0 saturated carbocycles. The molecule has 0 aliphatic rings. The molecule has 0 fully saturated rings. The van der Waals surface area contributed by atoms with Gasteiger partial charge in [0.2, 0.25) is 0 Å². The van der Waals surface area contributed by atoms with Crippen molar-refractivity contribution in [3.63, 3.8) is 0 Å². The standard InChI is InChI=1S/C38H74O15/c1-37(2,3)35(39)7-9-41-11-13-43-15-17-45-19-21-47-23-25-49-27-29-51-31-33-53-34-32-52-30-28-50-26-24-48-22-20-46-18-16-44-14-12-42-10-8-36(40)38(4,5)6/h7-34H2,1-6H3. The van der Waals surface area contributed by atoms with Crippen molar-refractivity contribution in [1.82, 2.24) is 0 Å². The molecule has 0 heterocycles. The van der Waals surface area contributed by atoms with Crippen LogP contribution >= 0.6 is 0 Å². The van der Waals surface area contributed by atoms with Crippen LogP contribution in [0.2, 0.25) is 0 Å². The molecule has 15 heteroatoms. The number of ketones is 2. The Bertz CT molecular complexity index is 737. The topological polar surface area (TPSA) is 154 Å². The maximum Gasteiger partial charge on any atom is 0.140 e. The lowest BCUT2D eigenvalue weighted by molar-refractivity contribution is -0.128. The lowest BCUT2D eigenvalue weighted by atomic mass is 9.89. The van der Waals surface area contributed by atoms with E-state index in [9.17, 15) is 9.59 Å². The van der Waals surface area contributed by atoms with Crippen LogP contribution in [0.15, 0.2) is 0 Å². The summed E-state index contributed by atoms with van der Waals surface area (Å²) in [4.78, 5) is 23.6. The summed E-state index contributed by atoms with van der Waals surface area (Å²) in [6.07, 6.45) is 0.857. The summed E-state index contributed by atoms with van der Waals surface area (Å²) >= 11 is 0. The monoisotopic (exact) mass is 771 g/mol. The van der Waals surface area contributed by atoms with Gasteiger partial charge in [-0.15, -0.1) is 0 Å². The average Bonchev–Trinajstić information content (AvgIpc) is 3.11. The first kappa shape index (κ1) is 51.8. The summed E-state index contributed by atoms with van der Waals surface area (Å²) in [5.74, 6) is 0.399. The lowest BCUT2D eigenvalue weighted by Crippen LogP contribution is -2.22. The van der Waals surface area contributed by atoms with E-state index in [0.29, 0.717) is 185 Å². The van der Waals surface area contributed by atoms with Crippen LogP contribution in [0.1, 0.15) is 54.4 Å². The Morgan fingerprint density at radius 1 is 0.245 bits per heavy atom. The van der Waals surface area contributed by atoms with E-state index in [1.807, 2.05) is 41.5 Å². The molecule has 0 aliphatic carbocycles. The third kappa shape index (κ3) is 40.3. The van der Waals surface area contributed by atoms with Crippen molar-refractivity contribution in [2.24, 2.45) is 10.8 Å². The van der Waals surface area contributed by atoms with Crippen LogP contribution in [0.5, 0.6) is 0 Å². The van der Waals surface area contributed by atoms with Crippen LogP contribution in [0.4, 0.5) is 0 Å². The van der Waals surface area contributed by atoms with E-state index >= 15 is 0 Å². The fourth-order valence-corrected chi connectivity index (χ4v) is 3.82. The van der Waals surface area contributed by atoms with Crippen LogP contribution in [0.25, 0.3) is 0 Å². The van der Waals surface area contributed by atoms with Gasteiger partial charge in [-0.2, -0.15) is 0 Å². The predicted octanol–water partition coefficient (Wildman–Crippen LogP) is 3.21. The van der Waals surface area contributed by atoms with Gasteiger partial charge in [-0.05, 0) is 0 Å². The van der Waals surface area contributed by atoms with Gasteiger partial charge in [0.1, 0.15) is 11.6 Å². The van der Waals surface area contributed by atoms with E-state index in [1.165, 1.54) is 0 Å². The Balaban J connectivity index is 3.12. The highest BCUT2D eigenvalue weighted by Crippen LogP contribution is 2.17. The Hall–Kier alpha value is -1.18. The molecule has 0 atom stereocenters. The summed E-state index contributed by atoms with van der Waals surface area (Å²) < 4.78 is 71.1. The van der Waals surface area contributed by atoms with Gasteiger partial charge in [0, 0.05) is 23.7 Å². The molecule has 316 valence electrons. The highest BCUT2D eigenvalue weighted by molar-refractivity contribution is 5.84. The van der Waals surface area contributed by atoms with Crippen molar-refractivity contribution in [3.8, 4) is 0 Å². The van der Waals surface area contributed by atoms with Gasteiger partial charge in [-0.1, -0.05) is 41.5 Å². The van der Waals surface area contributed by atoms with Crippen LogP contribution in [-0.2, 0) is 71.2 Å². The molecular formula is C38H74O15. The maximum absolute atomic E-state index is 11.8. The van der Waals surface area contributed by atoms with Crippen molar-refractivity contribution in [2.75, 3.05) is 172 Å². The van der Waals surface area contributed by atoms with Gasteiger partial charge in [-0.3, -0.25) is 9.59 Å². The van der Waals surface area contributed by atoms with Gasteiger partial charge >= 0.3 is 0 Å². The number of rotatable bonds is 42. The van der Waals surface area contributed by atoms with Crippen LogP contribution in [0, 0.1) is 10.8 Å². The number of Topliss-reactive ketones (excluding diaryl/α,β-unsaturated/α-hetero) is 2. The molecule has 0 amide bonds. The fourth-order valence-electron chi connectivity index (χ4n) is 3.82. The van der Waals surface area contributed by atoms with Crippen molar-refractivity contribution in [2.45, 2.75) is 54.4 Å². The van der Waals surface area contributed by atoms with Gasteiger partial charge in [-0.25, -0.2) is 0 Å². The first-order chi connectivity index (χ1) is 25.5. The molecular weight excluding hydrogens is 696 g/mol. The molecule has 0 aromatic rings. The molecule has 0 bridgehead atoms. The average molecular weight is 771 g/mol. The van der Waals surface area contributed by atoms with Gasteiger partial charge in [0.15, 0.2) is 0 Å². The second-order valence-electron chi connectivity index (χ2n) is 13.8. The molecule has 0 radical (unpaired) electrons. The Morgan fingerprint density at radius 2 is 0.358 bits per heavy atom. The Morgan fingerprint density at radius 3 is 0.472 bits per heavy atom. The number of carbonyl (C=O) groups is 2. The van der Waals surface area contributed by atoms with Gasteiger partial charge < -0.3 is 61.6 Å². The Kier molecular flexibility index (Phi) is 36.9. The van der Waals surface area contributed by atoms with E-state index in [0.717, 1.165) is 0 Å². The molecule has 0 saturated heterocycles. The normalized spacial score (nSPS) is 12.2. The molecule has 15 nitrogen and oxygen atoms in total. The van der Waals surface area contributed by atoms with E-state index in [1.54, 1.807) is 0 Å². The van der Waals surface area contributed by atoms with Crippen molar-refractivity contribution in [1.29, 1.82) is 0 Å².